The van der Waals surface area contributed by atoms with Crippen molar-refractivity contribution in [3.63, 3.8) is 0 Å². The van der Waals surface area contributed by atoms with Crippen LogP contribution in [0.1, 0.15) is 60.1 Å². The number of nitrogen functional groups attached to an aromatic ring is 2. The number of nitrogens with one attached hydrogen (secondary N) is 2. The number of rotatable bonds is 23. The number of hydrogen-bond donors (Lipinski definition) is 10. The first kappa shape index (κ1) is 47.4. The maximum absolute atomic E-state index is 13.1. The standard InChI is InChI=1S/C39H56ClN9O9/c1-49(27(38(57)58-2)8-4-5-19-44-21-28(51)32(54)33(55)29(52)22-50)30(53)18-13-24-11-16-26(17-12-24)25-14-9-23(10-15-25)7-3-6-20-45-39(43)48-37(56)31-35(41)47-36(42)34(40)46-31/h9-12,14-17,27-29,32-33,44,50-52,54-55H,3-8,13,18-22H2,1-2H3,(H4,41,42,47)(H3,43,45,48,56)/t27-,28+,29-,32-,33-/m1/s1. The van der Waals surface area contributed by atoms with Gasteiger partial charge in [-0.3, -0.25) is 19.9 Å². The molecular weight excluding hydrogens is 774 g/mol. The van der Waals surface area contributed by atoms with Crippen molar-refractivity contribution < 1.29 is 44.7 Å². The summed E-state index contributed by atoms with van der Waals surface area (Å²) in [4.78, 5) is 51.3. The third-order valence-electron chi connectivity index (χ3n) is 9.48. The van der Waals surface area contributed by atoms with Crippen molar-refractivity contribution in [2.24, 2.45) is 10.7 Å². The largest absolute Gasteiger partial charge is 0.467 e. The molecule has 0 fully saturated rings. The molecule has 0 bridgehead atoms. The fourth-order valence-corrected chi connectivity index (χ4v) is 6.05. The van der Waals surface area contributed by atoms with Crippen LogP contribution in [-0.2, 0) is 27.2 Å². The van der Waals surface area contributed by atoms with E-state index >= 15 is 0 Å². The van der Waals surface area contributed by atoms with Gasteiger partial charge in [0.2, 0.25) is 5.91 Å². The van der Waals surface area contributed by atoms with E-state index in [4.69, 9.17) is 38.6 Å². The Kier molecular flexibility index (Phi) is 19.7. The molecule has 2 amide bonds. The van der Waals surface area contributed by atoms with Gasteiger partial charge in [-0.1, -0.05) is 60.1 Å². The lowest BCUT2D eigenvalue weighted by Crippen LogP contribution is -2.49. The van der Waals surface area contributed by atoms with E-state index in [0.717, 1.165) is 41.5 Å². The van der Waals surface area contributed by atoms with Gasteiger partial charge in [-0.2, -0.15) is 0 Å². The van der Waals surface area contributed by atoms with E-state index in [1.807, 2.05) is 24.3 Å². The Hall–Kier alpha value is -4.95. The highest BCUT2D eigenvalue weighted by atomic mass is 35.5. The number of halogens is 1. The lowest BCUT2D eigenvalue weighted by atomic mass is 9.99. The maximum atomic E-state index is 13.1. The number of guanidine groups is 1. The zero-order chi connectivity index (χ0) is 42.8. The highest BCUT2D eigenvalue weighted by Gasteiger charge is 2.30. The maximum Gasteiger partial charge on any atom is 0.328 e. The molecule has 58 heavy (non-hydrogen) atoms. The van der Waals surface area contributed by atoms with Crippen molar-refractivity contribution in [2.45, 2.75) is 81.8 Å². The molecule has 0 spiro atoms. The van der Waals surface area contributed by atoms with Crippen LogP contribution in [0.3, 0.4) is 0 Å². The smallest absolute Gasteiger partial charge is 0.328 e. The zero-order valence-corrected chi connectivity index (χ0v) is 33.5. The van der Waals surface area contributed by atoms with Crippen molar-refractivity contribution >= 4 is 47.0 Å². The van der Waals surface area contributed by atoms with Crippen LogP contribution in [0.15, 0.2) is 53.5 Å². The summed E-state index contributed by atoms with van der Waals surface area (Å²) < 4.78 is 4.96. The summed E-state index contributed by atoms with van der Waals surface area (Å²) in [6.07, 6.45) is -1.68. The van der Waals surface area contributed by atoms with Crippen LogP contribution in [0.2, 0.25) is 5.15 Å². The molecule has 0 aliphatic heterocycles. The molecule has 3 aromatic rings. The van der Waals surface area contributed by atoms with Crippen LogP contribution in [0.4, 0.5) is 11.6 Å². The van der Waals surface area contributed by atoms with Crippen LogP contribution in [0.25, 0.3) is 11.1 Å². The van der Waals surface area contributed by atoms with Crippen molar-refractivity contribution in [2.75, 3.05) is 51.9 Å². The molecule has 0 saturated carbocycles. The number of benzene rings is 2. The lowest BCUT2D eigenvalue weighted by molar-refractivity contribution is -0.152. The third kappa shape index (κ3) is 14.8. The number of amides is 2. The molecule has 18 nitrogen and oxygen atoms in total. The average Bonchev–Trinajstić information content (AvgIpc) is 3.22. The van der Waals surface area contributed by atoms with E-state index in [0.29, 0.717) is 38.8 Å². The van der Waals surface area contributed by atoms with Gasteiger partial charge in [0.05, 0.1) is 19.8 Å². The summed E-state index contributed by atoms with van der Waals surface area (Å²) in [5, 5.41) is 53.2. The number of nitrogens with zero attached hydrogens (tertiary/aromatic N) is 4. The average molecular weight is 830 g/mol. The second-order valence-corrected chi connectivity index (χ2v) is 14.1. The van der Waals surface area contributed by atoms with E-state index in [1.165, 1.54) is 12.0 Å². The Morgan fingerprint density at radius 1 is 0.862 bits per heavy atom. The number of methoxy groups -OCH3 is 1. The van der Waals surface area contributed by atoms with E-state index < -0.39 is 48.9 Å². The number of carbonyl (C=O) groups excluding carboxylic acids is 3. The molecule has 318 valence electrons. The van der Waals surface area contributed by atoms with Gasteiger partial charge < -0.3 is 57.7 Å². The first-order valence-electron chi connectivity index (χ1n) is 18.9. The number of aromatic nitrogens is 2. The molecule has 5 atom stereocenters. The summed E-state index contributed by atoms with van der Waals surface area (Å²) >= 11 is 5.83. The number of aliphatic hydroxyl groups is 5. The van der Waals surface area contributed by atoms with Crippen molar-refractivity contribution in [3.05, 3.63) is 70.5 Å². The Labute approximate surface area is 342 Å². The molecule has 3 rings (SSSR count). The Morgan fingerprint density at radius 2 is 1.47 bits per heavy atom. The number of ether oxygens (including phenoxy) is 1. The SMILES string of the molecule is COC(=O)[C@@H](CCCCNC[C@H](O)[C@@H](O)[C@H](O)[C@H](O)CO)N(C)C(=O)CCc1ccc(-c2ccc(CCCCN=C(N)NC(=O)c3nc(Cl)c(N)nc3N)cc2)cc1. The number of anilines is 2. The summed E-state index contributed by atoms with van der Waals surface area (Å²) in [5.74, 6) is -1.74. The van der Waals surface area contributed by atoms with Crippen LogP contribution in [0.5, 0.6) is 0 Å². The Bertz CT molecular complexity index is 1800. The Balaban J connectivity index is 1.38. The number of aliphatic hydroxyl groups excluding tert-OH is 5. The quantitative estimate of drug-likeness (QED) is 0.0264. The second-order valence-electron chi connectivity index (χ2n) is 13.7. The molecule has 13 N–H and O–H groups in total. The minimum atomic E-state index is -1.70. The predicted octanol–water partition coefficient (Wildman–Crippen LogP) is 0.157. The van der Waals surface area contributed by atoms with Crippen LogP contribution in [0, 0.1) is 0 Å². The fraction of sp³-hybridized carbons (Fsp3) is 0.487. The van der Waals surface area contributed by atoms with E-state index in [-0.39, 0.29) is 47.3 Å². The number of esters is 1. The summed E-state index contributed by atoms with van der Waals surface area (Å²) in [7, 11) is 2.86. The topological polar surface area (TPSA) is 305 Å². The number of aliphatic imine (C=N–C) groups is 1. The summed E-state index contributed by atoms with van der Waals surface area (Å²) in [5.41, 5.74) is 21.1. The van der Waals surface area contributed by atoms with Gasteiger partial charge >= 0.3 is 5.97 Å². The van der Waals surface area contributed by atoms with E-state index in [2.05, 4.69) is 49.9 Å². The predicted molar refractivity (Wildman–Crippen MR) is 219 cm³/mol. The zero-order valence-electron chi connectivity index (χ0n) is 32.8. The first-order valence-corrected chi connectivity index (χ1v) is 19.3. The van der Waals surface area contributed by atoms with E-state index in [9.17, 15) is 34.8 Å². The monoisotopic (exact) mass is 829 g/mol. The second kappa shape index (κ2) is 24.1. The van der Waals surface area contributed by atoms with Crippen LogP contribution < -0.4 is 27.8 Å². The molecule has 0 aliphatic carbocycles. The highest BCUT2D eigenvalue weighted by Crippen LogP contribution is 2.22. The van der Waals surface area contributed by atoms with Gasteiger partial charge in [-0.05, 0) is 73.7 Å². The van der Waals surface area contributed by atoms with Crippen molar-refractivity contribution in [3.8, 4) is 11.1 Å². The molecule has 0 radical (unpaired) electrons. The number of nitrogens with two attached hydrogens (primary N) is 3. The van der Waals surface area contributed by atoms with Gasteiger partial charge in [-0.15, -0.1) is 0 Å². The normalized spacial score (nSPS) is 14.2. The van der Waals surface area contributed by atoms with Crippen molar-refractivity contribution in [1.29, 1.82) is 0 Å². The van der Waals surface area contributed by atoms with Crippen LogP contribution in [-0.4, -0.2) is 135 Å². The first-order chi connectivity index (χ1) is 27.7. The number of unbranched alkanes of at least 4 members (excludes halogenated alkanes) is 2. The number of likely N-dealkylation sites (N-methyl/N-ethyl adjacent to an activating group) is 1. The van der Waals surface area contributed by atoms with Gasteiger partial charge in [0.1, 0.15) is 24.4 Å². The molecule has 0 unspecified atom stereocenters. The summed E-state index contributed by atoms with van der Waals surface area (Å²) in [6.45, 7) is 0.00351. The van der Waals surface area contributed by atoms with Gasteiger partial charge in [0.15, 0.2) is 28.4 Å². The molecule has 19 heteroatoms. The molecule has 1 aromatic heterocycles. The minimum Gasteiger partial charge on any atom is -0.467 e. The molecule has 0 aliphatic rings. The molecular formula is C39H56ClN9O9. The number of hydrogen-bond acceptors (Lipinski definition) is 15. The van der Waals surface area contributed by atoms with Crippen LogP contribution >= 0.6 is 11.6 Å². The number of carbonyl (C=O) groups is 3. The molecule has 2 aromatic carbocycles. The molecule has 0 saturated heterocycles. The fourth-order valence-electron chi connectivity index (χ4n) is 5.92. The molecule has 1 heterocycles. The number of aryl methyl sites for hydroxylation is 2. The van der Waals surface area contributed by atoms with Crippen molar-refractivity contribution in [1.82, 2.24) is 25.5 Å². The highest BCUT2D eigenvalue weighted by molar-refractivity contribution is 6.31. The van der Waals surface area contributed by atoms with Gasteiger partial charge in [-0.25, -0.2) is 14.8 Å². The Morgan fingerprint density at radius 3 is 2.07 bits per heavy atom. The van der Waals surface area contributed by atoms with Gasteiger partial charge in [0.25, 0.3) is 5.91 Å². The third-order valence-corrected chi connectivity index (χ3v) is 9.76. The summed E-state index contributed by atoms with van der Waals surface area (Å²) in [6, 6.07) is 15.5. The van der Waals surface area contributed by atoms with E-state index in [1.54, 1.807) is 7.05 Å². The minimum absolute atomic E-state index is 0.0667. The van der Waals surface area contributed by atoms with Gasteiger partial charge in [0, 0.05) is 26.6 Å². The lowest BCUT2D eigenvalue weighted by Gasteiger charge is -2.26.